The fourth-order valence-corrected chi connectivity index (χ4v) is 9.46. The van der Waals surface area contributed by atoms with E-state index in [1.165, 1.54) is 36.4 Å². The zero-order valence-electron chi connectivity index (χ0n) is 29.1. The van der Waals surface area contributed by atoms with Crippen LogP contribution in [0.3, 0.4) is 0 Å². The van der Waals surface area contributed by atoms with Crippen LogP contribution < -0.4 is 10.6 Å². The molecule has 0 bridgehead atoms. The first-order chi connectivity index (χ1) is 23.9. The van der Waals surface area contributed by atoms with Gasteiger partial charge in [-0.3, -0.25) is 14.4 Å². The molecule has 0 spiro atoms. The Morgan fingerprint density at radius 1 is 1.06 bits per heavy atom. The van der Waals surface area contributed by atoms with Crippen LogP contribution in [0.4, 0.5) is 0 Å². The van der Waals surface area contributed by atoms with E-state index in [4.69, 9.17) is 4.74 Å². The lowest BCUT2D eigenvalue weighted by Crippen LogP contribution is -2.57. The van der Waals surface area contributed by atoms with Gasteiger partial charge in [-0.1, -0.05) is 38.2 Å². The maximum atomic E-state index is 14.2. The van der Waals surface area contributed by atoms with Crippen LogP contribution in [0.2, 0.25) is 0 Å². The van der Waals surface area contributed by atoms with Crippen LogP contribution in [0, 0.1) is 17.8 Å². The summed E-state index contributed by atoms with van der Waals surface area (Å²) in [5.41, 5.74) is 0.507. The second-order valence-electron chi connectivity index (χ2n) is 14.7. The number of carbonyl (C=O) groups is 3. The number of aliphatic hydroxyl groups excluding tert-OH is 2. The first-order valence-corrected chi connectivity index (χ1v) is 20.4. The molecule has 3 amide bonds. The van der Waals surface area contributed by atoms with Crippen molar-refractivity contribution in [1.82, 2.24) is 25.5 Å². The van der Waals surface area contributed by atoms with Gasteiger partial charge in [0.05, 0.1) is 49.1 Å². The van der Waals surface area contributed by atoms with E-state index in [1.54, 1.807) is 6.20 Å². The summed E-state index contributed by atoms with van der Waals surface area (Å²) in [4.78, 5) is 51.1. The smallest absolute Gasteiger partial charge is 0.243 e. The molecule has 278 valence electrons. The van der Waals surface area contributed by atoms with Crippen molar-refractivity contribution in [3.05, 3.63) is 40.6 Å². The van der Waals surface area contributed by atoms with E-state index in [0.29, 0.717) is 31.2 Å². The summed E-state index contributed by atoms with van der Waals surface area (Å²) in [5.74, 6) is -3.16. The average Bonchev–Trinajstić information content (AvgIpc) is 3.58. The van der Waals surface area contributed by atoms with Crippen molar-refractivity contribution in [3.8, 4) is 0 Å². The third-order valence-corrected chi connectivity index (χ3v) is 14.0. The van der Waals surface area contributed by atoms with Gasteiger partial charge in [-0.25, -0.2) is 13.4 Å². The maximum absolute atomic E-state index is 14.2. The lowest BCUT2D eigenvalue weighted by molar-refractivity contribution is -0.137. The van der Waals surface area contributed by atoms with Gasteiger partial charge in [-0.2, -0.15) is 0 Å². The van der Waals surface area contributed by atoms with Crippen molar-refractivity contribution in [2.45, 2.75) is 107 Å². The van der Waals surface area contributed by atoms with Gasteiger partial charge in [0.1, 0.15) is 16.9 Å². The van der Waals surface area contributed by atoms with Crippen molar-refractivity contribution in [2.24, 2.45) is 17.8 Å². The number of aromatic amines is 1. The van der Waals surface area contributed by atoms with Crippen LogP contribution in [-0.4, -0.2) is 112 Å². The molecule has 2 aromatic heterocycles. The van der Waals surface area contributed by atoms with Crippen LogP contribution in [0.25, 0.3) is 0 Å². The monoisotopic (exact) mass is 735 g/mol. The Balaban J connectivity index is 1.36. The number of H-pyrrole nitrogens is 1. The van der Waals surface area contributed by atoms with Gasteiger partial charge >= 0.3 is 0 Å². The largest absolute Gasteiger partial charge is 0.390 e. The summed E-state index contributed by atoms with van der Waals surface area (Å²) in [6.45, 7) is 3.97. The predicted octanol–water partition coefficient (Wildman–Crippen LogP) is 2.00. The lowest BCUT2D eigenvalue weighted by atomic mass is 9.82. The standard InChI is InChI=1S/C35H53N5O8S2/c1-35(2,34(45)40-12-14-48-15-13-40)50(46,47)21-25(18-27-9-6-16-49-27)32(43)39-29(19-26-20-36-22-37-26)33(44)38-28(17-23-7-4-3-5-8-23)31(42)30(41)24-10-11-24/h6,9,16,20,22-25,28-31,41-42H,3-5,7-8,10-15,17-19,21H2,1-2H3,(H,36,37)(H,38,44)(H,39,43)/t25-,28+,29+,30+,31-/m1/s1. The number of imidazole rings is 1. The number of sulfone groups is 1. The molecule has 15 heteroatoms. The number of morpholine rings is 1. The van der Waals surface area contributed by atoms with Crippen LogP contribution >= 0.6 is 11.3 Å². The molecule has 5 rings (SSSR count). The highest BCUT2D eigenvalue weighted by atomic mass is 32.2. The number of ether oxygens (including phenoxy) is 1. The molecule has 2 aromatic rings. The van der Waals surface area contributed by atoms with Crippen molar-refractivity contribution < 1.29 is 37.8 Å². The Bertz CT molecular complexity index is 1500. The quantitative estimate of drug-likeness (QED) is 0.162. The number of rotatable bonds is 17. The van der Waals surface area contributed by atoms with Crippen molar-refractivity contribution in [1.29, 1.82) is 0 Å². The van der Waals surface area contributed by atoms with Crippen molar-refractivity contribution >= 4 is 38.9 Å². The zero-order chi connectivity index (χ0) is 35.9. The minimum Gasteiger partial charge on any atom is -0.390 e. The Labute approximate surface area is 298 Å². The third kappa shape index (κ3) is 9.93. The van der Waals surface area contributed by atoms with Crippen LogP contribution in [0.1, 0.15) is 75.8 Å². The number of nitrogens with zero attached hydrogens (tertiary/aromatic N) is 2. The van der Waals surface area contributed by atoms with Crippen LogP contribution in [-0.2, 0) is 41.8 Å². The molecule has 0 aromatic carbocycles. The Morgan fingerprint density at radius 3 is 2.40 bits per heavy atom. The van der Waals surface area contributed by atoms with Gasteiger partial charge in [0.2, 0.25) is 17.7 Å². The summed E-state index contributed by atoms with van der Waals surface area (Å²) in [7, 11) is -4.19. The maximum Gasteiger partial charge on any atom is 0.243 e. The minimum atomic E-state index is -4.19. The SMILES string of the molecule is CC(C)(C(=O)N1CCOCC1)S(=O)(=O)C[C@@H](Cc1cccs1)C(=O)N[C@@H](Cc1c[nH]cn1)C(=O)N[C@@H](CC1CCCCC1)[C@@H](O)[C@@H](O)C1CC1. The van der Waals surface area contributed by atoms with E-state index in [1.807, 2.05) is 17.5 Å². The van der Waals surface area contributed by atoms with Gasteiger partial charge < -0.3 is 35.5 Å². The molecule has 13 nitrogen and oxygen atoms in total. The van der Waals surface area contributed by atoms with Crippen LogP contribution in [0.15, 0.2) is 30.0 Å². The van der Waals surface area contributed by atoms with Crippen molar-refractivity contribution in [3.63, 3.8) is 0 Å². The number of nitrogens with one attached hydrogen (secondary N) is 3. The number of carbonyl (C=O) groups excluding carboxylic acids is 3. The molecule has 3 heterocycles. The normalized spacial score (nSPS) is 20.8. The first kappa shape index (κ1) is 38.4. The van der Waals surface area contributed by atoms with E-state index >= 15 is 0 Å². The summed E-state index contributed by atoms with van der Waals surface area (Å²) in [6, 6.07) is 1.75. The average molecular weight is 736 g/mol. The lowest BCUT2D eigenvalue weighted by Gasteiger charge is -2.35. The van der Waals surface area contributed by atoms with E-state index < -0.39 is 68.3 Å². The second-order valence-corrected chi connectivity index (χ2v) is 18.3. The van der Waals surface area contributed by atoms with E-state index in [2.05, 4.69) is 20.6 Å². The highest BCUT2D eigenvalue weighted by molar-refractivity contribution is 7.93. The highest BCUT2D eigenvalue weighted by Crippen LogP contribution is 2.36. The fourth-order valence-electron chi connectivity index (χ4n) is 7.07. The topological polar surface area (TPSA) is 191 Å². The van der Waals surface area contributed by atoms with Gasteiger partial charge in [-0.15, -0.1) is 11.3 Å². The molecular formula is C35H53N5O8S2. The number of aliphatic hydroxyl groups is 2. The third-order valence-electron chi connectivity index (χ3n) is 10.5. The molecule has 2 saturated carbocycles. The second kappa shape index (κ2) is 17.1. The predicted molar refractivity (Wildman–Crippen MR) is 189 cm³/mol. The summed E-state index contributed by atoms with van der Waals surface area (Å²) in [6.07, 6.45) is 8.48. The molecule has 50 heavy (non-hydrogen) atoms. The van der Waals surface area contributed by atoms with E-state index in [-0.39, 0.29) is 31.8 Å². The summed E-state index contributed by atoms with van der Waals surface area (Å²) >= 11 is 1.39. The molecule has 0 unspecified atom stereocenters. The molecule has 2 aliphatic carbocycles. The van der Waals surface area contributed by atoms with Gasteiger partial charge in [0.15, 0.2) is 9.84 Å². The first-order valence-electron chi connectivity index (χ1n) is 17.9. The number of amides is 3. The van der Waals surface area contributed by atoms with Gasteiger partial charge in [0, 0.05) is 30.6 Å². The fraction of sp³-hybridized carbons (Fsp3) is 0.714. The molecule has 3 aliphatic rings. The molecule has 0 radical (unpaired) electrons. The van der Waals surface area contributed by atoms with Crippen LogP contribution in [0.5, 0.6) is 0 Å². The zero-order valence-corrected chi connectivity index (χ0v) is 30.7. The molecule has 1 aliphatic heterocycles. The van der Waals surface area contributed by atoms with Gasteiger partial charge in [0.25, 0.3) is 0 Å². The highest BCUT2D eigenvalue weighted by Gasteiger charge is 2.46. The number of hydrogen-bond donors (Lipinski definition) is 5. The van der Waals surface area contributed by atoms with E-state index in [9.17, 15) is 33.0 Å². The summed E-state index contributed by atoms with van der Waals surface area (Å²) < 4.78 is 31.5. The number of thiophene rings is 1. The Hall–Kier alpha value is -2.85. The summed E-state index contributed by atoms with van der Waals surface area (Å²) in [5, 5.41) is 29.8. The number of hydrogen-bond acceptors (Lipinski definition) is 10. The van der Waals surface area contributed by atoms with Crippen molar-refractivity contribution in [2.75, 3.05) is 32.1 Å². The molecule has 3 fully saturated rings. The molecule has 5 atom stereocenters. The number of aromatic nitrogens is 2. The Morgan fingerprint density at radius 2 is 1.78 bits per heavy atom. The minimum absolute atomic E-state index is 0.00495. The van der Waals surface area contributed by atoms with Gasteiger partial charge in [-0.05, 0) is 62.8 Å². The molecular weight excluding hydrogens is 683 g/mol. The van der Waals surface area contributed by atoms with E-state index in [0.717, 1.165) is 49.8 Å². The molecule has 1 saturated heterocycles. The Kier molecular flexibility index (Phi) is 13.1. The molecule has 5 N–H and O–H groups in total.